The zero-order chi connectivity index (χ0) is 32.5. The van der Waals surface area contributed by atoms with E-state index in [1.165, 1.54) is 17.8 Å². The number of ether oxygens (including phenoxy) is 1. The molecule has 13 heteroatoms. The molecule has 1 saturated heterocycles. The van der Waals surface area contributed by atoms with Crippen LogP contribution in [0.2, 0.25) is 5.02 Å². The topological polar surface area (TPSA) is 145 Å². The van der Waals surface area contributed by atoms with Crippen LogP contribution in [0.15, 0.2) is 64.3 Å². The molecular weight excluding hydrogens is 608 g/mol. The molecule has 0 unspecified atom stereocenters. The van der Waals surface area contributed by atoms with Gasteiger partial charge in [0.25, 0.3) is 5.56 Å². The van der Waals surface area contributed by atoms with Crippen LogP contribution in [0.3, 0.4) is 0 Å². The minimum atomic E-state index is -0.466. The van der Waals surface area contributed by atoms with Crippen molar-refractivity contribution in [3.05, 3.63) is 91.7 Å². The van der Waals surface area contributed by atoms with E-state index >= 15 is 0 Å². The number of aryl methyl sites for hydroxylation is 1. The van der Waals surface area contributed by atoms with Gasteiger partial charge in [0.2, 0.25) is 11.8 Å². The summed E-state index contributed by atoms with van der Waals surface area (Å²) in [7, 11) is 4.61. The number of methoxy groups -OCH3 is 1. The summed E-state index contributed by atoms with van der Waals surface area (Å²) >= 11 is 7.07. The molecule has 1 fully saturated rings. The summed E-state index contributed by atoms with van der Waals surface area (Å²) in [5, 5.41) is 18.6. The lowest BCUT2D eigenvalue weighted by Crippen LogP contribution is -2.37. The number of benzene rings is 2. The molecule has 5 aromatic rings. The molecule has 2 aromatic carbocycles. The van der Waals surface area contributed by atoms with Gasteiger partial charge >= 0.3 is 5.69 Å². The maximum Gasteiger partial charge on any atom is 0.330 e. The monoisotopic (exact) mass is 640 g/mol. The Labute approximate surface area is 269 Å². The number of rotatable bonds is 9. The first-order valence-corrected chi connectivity index (χ1v) is 15.2. The van der Waals surface area contributed by atoms with E-state index in [-0.39, 0.29) is 23.2 Å². The number of fused-ring (bicyclic) bond motifs is 1. The first-order valence-electron chi connectivity index (χ1n) is 14.8. The molecule has 0 spiro atoms. The fourth-order valence-electron chi connectivity index (χ4n) is 5.78. The molecule has 3 N–H and O–H groups in total. The van der Waals surface area contributed by atoms with Crippen molar-refractivity contribution in [1.29, 1.82) is 0 Å². The Balaban J connectivity index is 1.30. The average molecular weight is 641 g/mol. The Bertz CT molecular complexity index is 2110. The Morgan fingerprint density at radius 3 is 2.54 bits per heavy atom. The zero-order valence-corrected chi connectivity index (χ0v) is 26.6. The molecule has 1 atom stereocenters. The summed E-state index contributed by atoms with van der Waals surface area (Å²) < 4.78 is 8.05. The third-order valence-corrected chi connectivity index (χ3v) is 8.77. The summed E-state index contributed by atoms with van der Waals surface area (Å²) in [5.74, 6) is 0.824. The van der Waals surface area contributed by atoms with E-state index in [1.54, 1.807) is 14.2 Å². The number of nitrogens with one attached hydrogen (secondary N) is 3. The van der Waals surface area contributed by atoms with Crippen molar-refractivity contribution < 1.29 is 9.53 Å². The molecule has 1 aliphatic heterocycles. The summed E-state index contributed by atoms with van der Waals surface area (Å²) in [6, 6.07) is 15.5. The number of anilines is 2. The third-order valence-electron chi connectivity index (χ3n) is 8.36. The van der Waals surface area contributed by atoms with Gasteiger partial charge in [-0.3, -0.25) is 18.7 Å². The fourth-order valence-corrected chi connectivity index (χ4v) is 6.11. The standard InChI is InChI=1S/C33H33ClN8O4/c1-18-21(7-6-10-24(18)38-30-28-26(17-36-40-30)41(2)33(45)42(3)32(28)44)22-8-5-9-23(29(22)34)25-13-11-19(31(39-25)46-4)15-35-16-20-12-14-27(43)37-20/h5-11,13,17,20,35H,12,14-16H2,1-4H3,(H,37,43)(H,38,40)/t20-/m0/s1. The first kappa shape index (κ1) is 30.9. The van der Waals surface area contributed by atoms with Crippen molar-refractivity contribution in [1.82, 2.24) is 34.9 Å². The number of carbonyl (C=O) groups excluding carboxylic acids is 1. The highest BCUT2D eigenvalue weighted by atomic mass is 35.5. The lowest BCUT2D eigenvalue weighted by molar-refractivity contribution is -0.119. The van der Waals surface area contributed by atoms with E-state index in [0.717, 1.165) is 38.8 Å². The lowest BCUT2D eigenvalue weighted by atomic mass is 9.96. The van der Waals surface area contributed by atoms with Gasteiger partial charge in [-0.2, -0.15) is 5.10 Å². The third kappa shape index (κ3) is 5.72. The van der Waals surface area contributed by atoms with Crippen LogP contribution in [0.5, 0.6) is 5.88 Å². The maximum atomic E-state index is 13.1. The van der Waals surface area contributed by atoms with Gasteiger partial charge in [0.1, 0.15) is 5.39 Å². The second kappa shape index (κ2) is 12.7. The van der Waals surface area contributed by atoms with E-state index < -0.39 is 11.2 Å². The maximum absolute atomic E-state index is 13.1. The van der Waals surface area contributed by atoms with Crippen LogP contribution in [0, 0.1) is 6.92 Å². The zero-order valence-electron chi connectivity index (χ0n) is 25.8. The summed E-state index contributed by atoms with van der Waals surface area (Å²) in [4.78, 5) is 41.8. The molecule has 46 heavy (non-hydrogen) atoms. The largest absolute Gasteiger partial charge is 0.481 e. The fraction of sp³-hybridized carbons (Fsp3) is 0.273. The Morgan fingerprint density at radius 2 is 1.78 bits per heavy atom. The highest BCUT2D eigenvalue weighted by Gasteiger charge is 2.21. The number of aromatic nitrogens is 5. The van der Waals surface area contributed by atoms with Gasteiger partial charge in [0.05, 0.1) is 29.5 Å². The van der Waals surface area contributed by atoms with Crippen LogP contribution in [-0.4, -0.2) is 49.9 Å². The van der Waals surface area contributed by atoms with Crippen LogP contribution in [0.1, 0.15) is 24.0 Å². The molecule has 12 nitrogen and oxygen atoms in total. The van der Waals surface area contributed by atoms with E-state index in [0.29, 0.717) is 47.3 Å². The van der Waals surface area contributed by atoms with E-state index in [2.05, 4.69) is 26.1 Å². The van der Waals surface area contributed by atoms with Gasteiger partial charge in [0, 0.05) is 62.0 Å². The molecule has 236 valence electrons. The number of pyridine rings is 1. The SMILES string of the molecule is COc1nc(-c2cccc(-c3cccc(Nc4nncc5c4c(=O)n(C)c(=O)n5C)c3C)c2Cl)ccc1CNC[C@@H]1CCC(=O)N1. The van der Waals surface area contributed by atoms with Crippen molar-refractivity contribution in [3.63, 3.8) is 0 Å². The number of hydrogen-bond acceptors (Lipinski definition) is 9. The molecule has 0 radical (unpaired) electrons. The molecule has 3 aromatic heterocycles. The first-order chi connectivity index (χ1) is 22.2. The summed E-state index contributed by atoms with van der Waals surface area (Å²) in [5.41, 5.74) is 5.00. The number of hydrogen-bond donors (Lipinski definition) is 3. The van der Waals surface area contributed by atoms with Crippen LogP contribution in [0.4, 0.5) is 11.5 Å². The molecule has 1 aliphatic rings. The number of nitrogens with zero attached hydrogens (tertiary/aromatic N) is 5. The molecule has 4 heterocycles. The van der Waals surface area contributed by atoms with Crippen LogP contribution in [0.25, 0.3) is 33.3 Å². The summed E-state index contributed by atoms with van der Waals surface area (Å²) in [6.45, 7) is 3.16. The van der Waals surface area contributed by atoms with Crippen LogP contribution in [-0.2, 0) is 25.4 Å². The van der Waals surface area contributed by atoms with Crippen molar-refractivity contribution in [2.45, 2.75) is 32.4 Å². The Kier molecular flexibility index (Phi) is 8.57. The molecule has 0 bridgehead atoms. The predicted octanol–water partition coefficient (Wildman–Crippen LogP) is 3.84. The van der Waals surface area contributed by atoms with E-state index in [4.69, 9.17) is 21.3 Å². The quantitative estimate of drug-likeness (QED) is 0.219. The van der Waals surface area contributed by atoms with Gasteiger partial charge in [-0.15, -0.1) is 5.10 Å². The van der Waals surface area contributed by atoms with Crippen molar-refractivity contribution in [3.8, 4) is 28.3 Å². The van der Waals surface area contributed by atoms with E-state index in [9.17, 15) is 14.4 Å². The molecule has 0 saturated carbocycles. The van der Waals surface area contributed by atoms with Crippen LogP contribution < -0.4 is 31.9 Å². The summed E-state index contributed by atoms with van der Waals surface area (Å²) in [6.07, 6.45) is 2.79. The number of halogens is 1. The van der Waals surface area contributed by atoms with Crippen LogP contribution >= 0.6 is 11.6 Å². The Hall–Kier alpha value is -5.07. The molecular formula is C33H33ClN8O4. The molecule has 0 aliphatic carbocycles. The normalized spacial score (nSPS) is 14.5. The van der Waals surface area contributed by atoms with E-state index in [1.807, 2.05) is 55.5 Å². The Morgan fingerprint density at radius 1 is 1.02 bits per heavy atom. The molecule has 6 rings (SSSR count). The average Bonchev–Trinajstić information content (AvgIpc) is 3.48. The van der Waals surface area contributed by atoms with Gasteiger partial charge in [0.15, 0.2) is 5.82 Å². The smallest absolute Gasteiger partial charge is 0.330 e. The lowest BCUT2D eigenvalue weighted by Gasteiger charge is -2.17. The number of amides is 1. The molecule has 1 amide bonds. The van der Waals surface area contributed by atoms with Crippen molar-refractivity contribution >= 4 is 39.9 Å². The predicted molar refractivity (Wildman–Crippen MR) is 178 cm³/mol. The van der Waals surface area contributed by atoms with Gasteiger partial charge < -0.3 is 20.7 Å². The number of carbonyl (C=O) groups is 1. The van der Waals surface area contributed by atoms with Gasteiger partial charge in [-0.25, -0.2) is 9.78 Å². The second-order valence-corrected chi connectivity index (χ2v) is 11.6. The second-order valence-electron chi connectivity index (χ2n) is 11.2. The van der Waals surface area contributed by atoms with Crippen molar-refractivity contribution in [2.75, 3.05) is 19.0 Å². The highest BCUT2D eigenvalue weighted by molar-refractivity contribution is 6.36. The van der Waals surface area contributed by atoms with Gasteiger partial charge in [-0.05, 0) is 36.6 Å². The van der Waals surface area contributed by atoms with Gasteiger partial charge in [-0.1, -0.05) is 48.0 Å². The highest BCUT2D eigenvalue weighted by Crippen LogP contribution is 2.39. The van der Waals surface area contributed by atoms with Crippen molar-refractivity contribution in [2.24, 2.45) is 14.1 Å². The minimum absolute atomic E-state index is 0.0908. The minimum Gasteiger partial charge on any atom is -0.481 e.